The Morgan fingerprint density at radius 1 is 1.50 bits per heavy atom. The van der Waals surface area contributed by atoms with E-state index in [0.29, 0.717) is 18.8 Å². The Bertz CT molecular complexity index is 511. The van der Waals surface area contributed by atoms with E-state index in [4.69, 9.17) is 5.11 Å². The first-order valence-electron chi connectivity index (χ1n) is 7.05. The van der Waals surface area contributed by atoms with E-state index in [9.17, 15) is 8.42 Å². The summed E-state index contributed by atoms with van der Waals surface area (Å²) in [5.41, 5.74) is 0. The summed E-state index contributed by atoms with van der Waals surface area (Å²) in [4.78, 5) is 4.10. The van der Waals surface area contributed by atoms with E-state index < -0.39 is 10.0 Å². The summed E-state index contributed by atoms with van der Waals surface area (Å²) < 4.78 is 28.6. The maximum Gasteiger partial charge on any atom is 0.259 e. The van der Waals surface area contributed by atoms with Crippen LogP contribution in [0.15, 0.2) is 11.2 Å². The van der Waals surface area contributed by atoms with Crippen molar-refractivity contribution < 1.29 is 13.5 Å². The highest BCUT2D eigenvalue weighted by Gasteiger charge is 2.18. The Kier molecular flexibility index (Phi) is 6.64. The maximum absolute atomic E-state index is 12.1. The van der Waals surface area contributed by atoms with E-state index in [0.717, 1.165) is 19.4 Å². The number of nitrogens with zero attached hydrogens (tertiary/aromatic N) is 2. The van der Waals surface area contributed by atoms with E-state index >= 15 is 0 Å². The number of aromatic nitrogens is 2. The molecule has 0 aliphatic rings. The van der Waals surface area contributed by atoms with Crippen molar-refractivity contribution >= 4 is 10.0 Å². The predicted octanol–water partition coefficient (Wildman–Crippen LogP) is 1.29. The molecule has 7 heteroatoms. The van der Waals surface area contributed by atoms with Gasteiger partial charge in [0, 0.05) is 25.9 Å². The van der Waals surface area contributed by atoms with E-state index in [1.807, 2.05) is 18.4 Å². The van der Waals surface area contributed by atoms with E-state index in [-0.39, 0.29) is 17.6 Å². The fourth-order valence-corrected chi connectivity index (χ4v) is 2.98. The minimum atomic E-state index is -3.53. The van der Waals surface area contributed by atoms with Gasteiger partial charge >= 0.3 is 0 Å². The molecule has 0 saturated heterocycles. The van der Waals surface area contributed by atoms with Crippen LogP contribution < -0.4 is 4.72 Å². The molecule has 0 amide bonds. The van der Waals surface area contributed by atoms with Gasteiger partial charge in [-0.1, -0.05) is 13.8 Å². The number of imidazole rings is 1. The molecule has 20 heavy (non-hydrogen) atoms. The minimum absolute atomic E-state index is 0.0821. The first-order valence-corrected chi connectivity index (χ1v) is 8.53. The van der Waals surface area contributed by atoms with Gasteiger partial charge in [-0.05, 0) is 32.1 Å². The number of nitrogens with one attached hydrogen (secondary N) is 1. The topological polar surface area (TPSA) is 84.2 Å². The molecule has 0 saturated carbocycles. The normalized spacial score (nSPS) is 13.6. The predicted molar refractivity (Wildman–Crippen MR) is 77.9 cm³/mol. The molecule has 1 aromatic heterocycles. The van der Waals surface area contributed by atoms with E-state index in [1.54, 1.807) is 13.1 Å². The fourth-order valence-electron chi connectivity index (χ4n) is 1.90. The summed E-state index contributed by atoms with van der Waals surface area (Å²) in [5, 5.41) is 8.99. The molecule has 0 aliphatic carbocycles. The second-order valence-corrected chi connectivity index (χ2v) is 6.86. The molecule has 1 atom stereocenters. The lowest BCUT2D eigenvalue weighted by Gasteiger charge is -2.07. The molecule has 1 heterocycles. The van der Waals surface area contributed by atoms with Crippen LogP contribution in [-0.4, -0.2) is 36.2 Å². The standard InChI is InChI=1S/C13H25N3O3S/c1-4-8-16-9-13(15-12(16)3)20(18,19)14-7-5-6-11(2)10-17/h9,11,14,17H,4-8,10H2,1-3H3. The third kappa shape index (κ3) is 4.88. The Balaban J connectivity index is 2.58. The minimum Gasteiger partial charge on any atom is -0.396 e. The highest BCUT2D eigenvalue weighted by atomic mass is 32.2. The maximum atomic E-state index is 12.1. The van der Waals surface area contributed by atoms with Crippen LogP contribution in [0.2, 0.25) is 0 Å². The Hall–Kier alpha value is -0.920. The zero-order chi connectivity index (χ0) is 15.2. The zero-order valence-electron chi connectivity index (χ0n) is 12.5. The molecule has 1 unspecified atom stereocenters. The van der Waals surface area contributed by atoms with Crippen molar-refractivity contribution in [2.45, 2.75) is 51.6 Å². The van der Waals surface area contributed by atoms with Gasteiger partial charge in [0.15, 0.2) is 5.03 Å². The number of aliphatic hydroxyl groups is 1. The summed E-state index contributed by atoms with van der Waals surface area (Å²) >= 11 is 0. The van der Waals surface area contributed by atoms with Crippen LogP contribution in [0.5, 0.6) is 0 Å². The van der Waals surface area contributed by atoms with Crippen LogP contribution in [0.4, 0.5) is 0 Å². The molecule has 0 radical (unpaired) electrons. The summed E-state index contributed by atoms with van der Waals surface area (Å²) in [6.45, 7) is 7.04. The van der Waals surface area contributed by atoms with Crippen LogP contribution in [-0.2, 0) is 16.6 Å². The van der Waals surface area contributed by atoms with Crippen molar-refractivity contribution in [3.63, 3.8) is 0 Å². The van der Waals surface area contributed by atoms with Crippen molar-refractivity contribution in [1.29, 1.82) is 0 Å². The van der Waals surface area contributed by atoms with Crippen molar-refractivity contribution in [1.82, 2.24) is 14.3 Å². The second-order valence-electron chi connectivity index (χ2n) is 5.15. The number of aliphatic hydroxyl groups excluding tert-OH is 1. The molecular weight excluding hydrogens is 278 g/mol. The molecule has 0 fully saturated rings. The van der Waals surface area contributed by atoms with Crippen molar-refractivity contribution in [3.05, 3.63) is 12.0 Å². The lowest BCUT2D eigenvalue weighted by molar-refractivity contribution is 0.228. The average Bonchev–Trinajstić information content (AvgIpc) is 2.77. The van der Waals surface area contributed by atoms with Gasteiger partial charge in [0.05, 0.1) is 0 Å². The van der Waals surface area contributed by atoms with Gasteiger partial charge in [0.25, 0.3) is 10.0 Å². The molecule has 0 spiro atoms. The Labute approximate surface area is 121 Å². The van der Waals surface area contributed by atoms with Crippen molar-refractivity contribution in [3.8, 4) is 0 Å². The summed E-state index contributed by atoms with van der Waals surface area (Å²) in [5.74, 6) is 0.909. The smallest absolute Gasteiger partial charge is 0.259 e. The monoisotopic (exact) mass is 303 g/mol. The highest BCUT2D eigenvalue weighted by molar-refractivity contribution is 7.89. The number of rotatable bonds is 9. The lowest BCUT2D eigenvalue weighted by atomic mass is 10.1. The van der Waals surface area contributed by atoms with Crippen molar-refractivity contribution in [2.24, 2.45) is 5.92 Å². The van der Waals surface area contributed by atoms with Crippen LogP contribution >= 0.6 is 0 Å². The Morgan fingerprint density at radius 2 is 2.20 bits per heavy atom. The first kappa shape index (κ1) is 17.1. The molecule has 1 rings (SSSR count). The quantitative estimate of drug-likeness (QED) is 0.673. The first-order chi connectivity index (χ1) is 9.40. The third-order valence-corrected chi connectivity index (χ3v) is 4.50. The van der Waals surface area contributed by atoms with Crippen LogP contribution in [0, 0.1) is 12.8 Å². The molecule has 0 bridgehead atoms. The SMILES string of the molecule is CCCn1cc(S(=O)(=O)NCCCC(C)CO)nc1C. The zero-order valence-corrected chi connectivity index (χ0v) is 13.3. The fraction of sp³-hybridized carbons (Fsp3) is 0.769. The van der Waals surface area contributed by atoms with Crippen molar-refractivity contribution in [2.75, 3.05) is 13.2 Å². The highest BCUT2D eigenvalue weighted by Crippen LogP contribution is 2.10. The largest absolute Gasteiger partial charge is 0.396 e. The van der Waals surface area contributed by atoms with Gasteiger partial charge in [0.2, 0.25) is 0 Å². The molecule has 2 N–H and O–H groups in total. The molecule has 6 nitrogen and oxygen atoms in total. The van der Waals surface area contributed by atoms with Crippen LogP contribution in [0.1, 0.15) is 38.9 Å². The summed E-state index contributed by atoms with van der Waals surface area (Å²) in [6, 6.07) is 0. The Morgan fingerprint density at radius 3 is 2.80 bits per heavy atom. The van der Waals surface area contributed by atoms with Gasteiger partial charge in [0.1, 0.15) is 5.82 Å². The number of aryl methyl sites for hydroxylation is 2. The molecule has 116 valence electrons. The summed E-state index contributed by atoms with van der Waals surface area (Å²) in [6.07, 6.45) is 4.01. The molecular formula is C13H25N3O3S. The van der Waals surface area contributed by atoms with Gasteiger partial charge in [-0.2, -0.15) is 0 Å². The summed E-state index contributed by atoms with van der Waals surface area (Å²) in [7, 11) is -3.53. The number of sulfonamides is 1. The molecule has 1 aromatic rings. The van der Waals surface area contributed by atoms with Crippen LogP contribution in [0.3, 0.4) is 0 Å². The van der Waals surface area contributed by atoms with Gasteiger partial charge in [-0.25, -0.2) is 18.1 Å². The average molecular weight is 303 g/mol. The van der Waals surface area contributed by atoms with Gasteiger partial charge in [-0.3, -0.25) is 0 Å². The third-order valence-electron chi connectivity index (χ3n) is 3.17. The van der Waals surface area contributed by atoms with E-state index in [2.05, 4.69) is 9.71 Å². The van der Waals surface area contributed by atoms with Gasteiger partial charge in [-0.15, -0.1) is 0 Å². The van der Waals surface area contributed by atoms with E-state index in [1.165, 1.54) is 0 Å². The molecule has 0 aliphatic heterocycles. The lowest BCUT2D eigenvalue weighted by Crippen LogP contribution is -2.25. The molecule has 0 aromatic carbocycles. The number of hydrogen-bond acceptors (Lipinski definition) is 4. The number of hydrogen-bond donors (Lipinski definition) is 2. The van der Waals surface area contributed by atoms with Crippen LogP contribution in [0.25, 0.3) is 0 Å². The van der Waals surface area contributed by atoms with Gasteiger partial charge < -0.3 is 9.67 Å². The second kappa shape index (κ2) is 7.75.